The van der Waals surface area contributed by atoms with Crippen molar-refractivity contribution in [2.75, 3.05) is 19.8 Å². The van der Waals surface area contributed by atoms with Crippen LogP contribution >= 0.6 is 12.4 Å². The first kappa shape index (κ1) is 23.0. The first-order valence-electron chi connectivity index (χ1n) is 7.91. The third kappa shape index (κ3) is 6.27. The molecule has 148 valence electrons. The first-order chi connectivity index (χ1) is 12.2. The van der Waals surface area contributed by atoms with Crippen LogP contribution in [0, 0.1) is 11.6 Å². The number of sulfone groups is 1. The molecule has 1 atom stereocenters. The molecule has 0 saturated heterocycles. The molecular formula is C18H21ClF2N2O3S. The lowest BCUT2D eigenvalue weighted by atomic mass is 9.97. The van der Waals surface area contributed by atoms with Gasteiger partial charge in [-0.3, -0.25) is 4.79 Å². The van der Waals surface area contributed by atoms with Gasteiger partial charge in [0.15, 0.2) is 9.84 Å². The van der Waals surface area contributed by atoms with Gasteiger partial charge >= 0.3 is 0 Å². The summed E-state index contributed by atoms with van der Waals surface area (Å²) in [5, 5.41) is 5.48. The van der Waals surface area contributed by atoms with Crippen LogP contribution in [-0.2, 0) is 14.6 Å². The highest BCUT2D eigenvalue weighted by Gasteiger charge is 2.22. The number of carbonyl (C=O) groups is 1. The minimum absolute atomic E-state index is 0. The quantitative estimate of drug-likeness (QED) is 0.724. The molecule has 2 aromatic carbocycles. The molecule has 0 spiro atoms. The molecule has 0 aromatic heterocycles. The van der Waals surface area contributed by atoms with Crippen LogP contribution in [0.15, 0.2) is 47.4 Å². The molecule has 2 rings (SSSR count). The average molecular weight is 419 g/mol. The normalized spacial score (nSPS) is 12.1. The Kier molecular flexibility index (Phi) is 8.33. The minimum Gasteiger partial charge on any atom is -0.345 e. The van der Waals surface area contributed by atoms with E-state index in [0.717, 1.165) is 24.5 Å². The van der Waals surface area contributed by atoms with E-state index in [9.17, 15) is 22.0 Å². The van der Waals surface area contributed by atoms with E-state index >= 15 is 0 Å². The van der Waals surface area contributed by atoms with Crippen LogP contribution in [0.4, 0.5) is 8.78 Å². The molecule has 0 saturated carbocycles. The van der Waals surface area contributed by atoms with E-state index < -0.39 is 27.5 Å². The smallest absolute Gasteiger partial charge is 0.222 e. The molecule has 5 nitrogen and oxygen atoms in total. The Morgan fingerprint density at radius 3 is 2.48 bits per heavy atom. The second-order valence-electron chi connectivity index (χ2n) is 5.86. The van der Waals surface area contributed by atoms with Gasteiger partial charge in [0.05, 0.1) is 10.9 Å². The second-order valence-corrected chi connectivity index (χ2v) is 7.88. The summed E-state index contributed by atoms with van der Waals surface area (Å²) in [4.78, 5) is 12.2. The van der Waals surface area contributed by atoms with E-state index in [1.807, 2.05) is 0 Å². The standard InChI is InChI=1S/C18H20F2N2O3S.ClH/c1-21-9-8-17(23)22-18(15-11-13(19)6-7-16(15)20)12-4-3-5-14(10-12)26(2,24)25;/h3-7,10-11,18,21H,8-9H2,1-2H3,(H,22,23);1H. The topological polar surface area (TPSA) is 75.3 Å². The van der Waals surface area contributed by atoms with Gasteiger partial charge in [0.2, 0.25) is 5.91 Å². The molecule has 1 amide bonds. The fraction of sp³-hybridized carbons (Fsp3) is 0.278. The van der Waals surface area contributed by atoms with Crippen molar-refractivity contribution in [2.45, 2.75) is 17.4 Å². The molecule has 0 aliphatic heterocycles. The zero-order valence-corrected chi connectivity index (χ0v) is 16.5. The molecule has 0 bridgehead atoms. The van der Waals surface area contributed by atoms with E-state index in [2.05, 4.69) is 10.6 Å². The number of halogens is 3. The van der Waals surface area contributed by atoms with Crippen LogP contribution in [0.3, 0.4) is 0 Å². The molecule has 0 heterocycles. The molecule has 2 N–H and O–H groups in total. The van der Waals surface area contributed by atoms with Crippen molar-refractivity contribution in [3.63, 3.8) is 0 Å². The van der Waals surface area contributed by atoms with Crippen molar-refractivity contribution in [1.82, 2.24) is 10.6 Å². The largest absolute Gasteiger partial charge is 0.345 e. The van der Waals surface area contributed by atoms with Crippen LogP contribution in [-0.4, -0.2) is 34.2 Å². The molecule has 0 aliphatic rings. The summed E-state index contributed by atoms with van der Waals surface area (Å²) in [6.07, 6.45) is 1.19. The van der Waals surface area contributed by atoms with Crippen molar-refractivity contribution in [3.05, 3.63) is 65.2 Å². The Bertz CT molecular complexity index is 907. The highest BCUT2D eigenvalue weighted by atomic mass is 35.5. The van der Waals surface area contributed by atoms with E-state index in [0.29, 0.717) is 12.1 Å². The van der Waals surface area contributed by atoms with Gasteiger partial charge in [0.1, 0.15) is 11.6 Å². The van der Waals surface area contributed by atoms with Crippen LogP contribution in [0.5, 0.6) is 0 Å². The molecule has 0 aliphatic carbocycles. The molecule has 9 heteroatoms. The zero-order valence-electron chi connectivity index (χ0n) is 14.8. The summed E-state index contributed by atoms with van der Waals surface area (Å²) < 4.78 is 51.5. The molecular weight excluding hydrogens is 398 g/mol. The molecule has 1 unspecified atom stereocenters. The number of carbonyl (C=O) groups excluding carboxylic acids is 1. The highest BCUT2D eigenvalue weighted by molar-refractivity contribution is 7.90. The summed E-state index contributed by atoms with van der Waals surface area (Å²) >= 11 is 0. The highest BCUT2D eigenvalue weighted by Crippen LogP contribution is 2.27. The number of benzene rings is 2. The number of amides is 1. The van der Waals surface area contributed by atoms with E-state index in [1.165, 1.54) is 18.2 Å². The van der Waals surface area contributed by atoms with Crippen LogP contribution < -0.4 is 10.6 Å². The summed E-state index contributed by atoms with van der Waals surface area (Å²) in [6.45, 7) is 0.410. The maximum Gasteiger partial charge on any atom is 0.222 e. The van der Waals surface area contributed by atoms with Crippen molar-refractivity contribution in [3.8, 4) is 0 Å². The van der Waals surface area contributed by atoms with Gasteiger partial charge < -0.3 is 10.6 Å². The van der Waals surface area contributed by atoms with Crippen molar-refractivity contribution in [1.29, 1.82) is 0 Å². The predicted molar refractivity (Wildman–Crippen MR) is 102 cm³/mol. The SMILES string of the molecule is CNCCC(=O)NC(c1cccc(S(C)(=O)=O)c1)c1cc(F)ccc1F.Cl. The maximum atomic E-state index is 14.3. The van der Waals surface area contributed by atoms with Crippen molar-refractivity contribution >= 4 is 28.2 Å². The minimum atomic E-state index is -3.49. The molecule has 0 fully saturated rings. The Balaban J connectivity index is 0.00000364. The van der Waals surface area contributed by atoms with Crippen molar-refractivity contribution < 1.29 is 22.0 Å². The van der Waals surface area contributed by atoms with Crippen molar-refractivity contribution in [2.24, 2.45) is 0 Å². The van der Waals surface area contributed by atoms with Gasteiger partial charge in [-0.15, -0.1) is 12.4 Å². The summed E-state index contributed by atoms with van der Waals surface area (Å²) in [7, 11) is -1.81. The fourth-order valence-electron chi connectivity index (χ4n) is 2.47. The monoisotopic (exact) mass is 418 g/mol. The number of rotatable bonds is 7. The average Bonchev–Trinajstić information content (AvgIpc) is 2.59. The number of hydrogen-bond donors (Lipinski definition) is 2. The number of hydrogen-bond acceptors (Lipinski definition) is 4. The van der Waals surface area contributed by atoms with E-state index in [1.54, 1.807) is 13.1 Å². The van der Waals surface area contributed by atoms with Crippen LogP contribution in [0.2, 0.25) is 0 Å². The fourth-order valence-corrected chi connectivity index (χ4v) is 3.15. The summed E-state index contributed by atoms with van der Waals surface area (Å²) in [5.74, 6) is -1.73. The van der Waals surface area contributed by atoms with Crippen LogP contribution in [0.25, 0.3) is 0 Å². The van der Waals surface area contributed by atoms with Gasteiger partial charge in [-0.05, 0) is 42.9 Å². The van der Waals surface area contributed by atoms with E-state index in [-0.39, 0.29) is 35.2 Å². The second kappa shape index (κ2) is 9.77. The van der Waals surface area contributed by atoms with Gasteiger partial charge in [-0.1, -0.05) is 12.1 Å². The first-order valence-corrected chi connectivity index (χ1v) is 9.80. The zero-order chi connectivity index (χ0) is 19.3. The van der Waals surface area contributed by atoms with Gasteiger partial charge in [-0.2, -0.15) is 0 Å². The lowest BCUT2D eigenvalue weighted by molar-refractivity contribution is -0.121. The van der Waals surface area contributed by atoms with Gasteiger partial charge in [0, 0.05) is 24.8 Å². The third-order valence-electron chi connectivity index (χ3n) is 3.80. The third-order valence-corrected chi connectivity index (χ3v) is 4.91. The lowest BCUT2D eigenvalue weighted by Gasteiger charge is -2.21. The van der Waals surface area contributed by atoms with Gasteiger partial charge in [-0.25, -0.2) is 17.2 Å². The lowest BCUT2D eigenvalue weighted by Crippen LogP contribution is -2.32. The molecule has 27 heavy (non-hydrogen) atoms. The van der Waals surface area contributed by atoms with Crippen LogP contribution in [0.1, 0.15) is 23.6 Å². The molecule has 0 radical (unpaired) electrons. The van der Waals surface area contributed by atoms with Gasteiger partial charge in [0.25, 0.3) is 0 Å². The Labute approximate surface area is 163 Å². The Hall–Kier alpha value is -2.03. The predicted octanol–water partition coefficient (Wildman–Crippen LogP) is 2.61. The number of nitrogens with one attached hydrogen (secondary N) is 2. The van der Waals surface area contributed by atoms with E-state index in [4.69, 9.17) is 0 Å². The Morgan fingerprint density at radius 2 is 1.85 bits per heavy atom. The maximum absolute atomic E-state index is 14.3. The summed E-state index contributed by atoms with van der Waals surface area (Å²) in [5.41, 5.74) is 0.267. The molecule has 2 aromatic rings. The Morgan fingerprint density at radius 1 is 1.15 bits per heavy atom. The summed E-state index contributed by atoms with van der Waals surface area (Å²) in [6, 6.07) is 7.73.